The molecule has 0 aliphatic heterocycles. The van der Waals surface area contributed by atoms with Gasteiger partial charge < -0.3 is 0 Å². The van der Waals surface area contributed by atoms with Crippen molar-refractivity contribution in [2.45, 2.75) is 0 Å². The van der Waals surface area contributed by atoms with E-state index in [0.717, 1.165) is 43.1 Å². The van der Waals surface area contributed by atoms with Gasteiger partial charge in [-0.25, -0.2) is 0 Å². The Balaban J connectivity index is 2.03. The fraction of sp³-hybridized carbons (Fsp3) is 0. The van der Waals surface area contributed by atoms with Crippen LogP contribution in [0.25, 0.3) is 43.1 Å². The molecule has 1 radical (unpaired) electrons. The number of carbonyl (C=O) groups excluding carboxylic acids is 2. The van der Waals surface area contributed by atoms with E-state index in [2.05, 4.69) is 12.1 Å². The molecule has 28 heavy (non-hydrogen) atoms. The minimum atomic E-state index is -1.11. The maximum absolute atomic E-state index is 11.7. The van der Waals surface area contributed by atoms with Crippen LogP contribution < -0.4 is 0 Å². The third kappa shape index (κ3) is 2.06. The molecule has 0 atom stereocenters. The number of Topliss-reactive ketones (excluding diaryl/α,β-unsaturated/α-hetero) is 1. The lowest BCUT2D eigenvalue weighted by Gasteiger charge is -2.17. The van der Waals surface area contributed by atoms with E-state index in [-0.39, 0.29) is 5.71 Å². The lowest BCUT2D eigenvalue weighted by molar-refractivity contribution is -0.107. The highest BCUT2D eigenvalue weighted by molar-refractivity contribution is 6.78. The fourth-order valence-electron chi connectivity index (χ4n) is 4.16. The van der Waals surface area contributed by atoms with Crippen molar-refractivity contribution in [2.24, 2.45) is 0 Å². The van der Waals surface area contributed by atoms with Crippen LogP contribution in [0.1, 0.15) is 5.56 Å². The Morgan fingerprint density at radius 2 is 1.25 bits per heavy atom. The number of ketones is 1. The Bertz CT molecular complexity index is 1480. The van der Waals surface area contributed by atoms with Gasteiger partial charge in [-0.05, 0) is 37.7 Å². The molecule has 0 heterocycles. The summed E-state index contributed by atoms with van der Waals surface area (Å²) in [5.74, 6) is -1.11. The molecule has 0 bridgehead atoms. The van der Waals surface area contributed by atoms with Crippen LogP contribution in [0.2, 0.25) is 0 Å². The average Bonchev–Trinajstić information content (AvgIpc) is 2.75. The van der Waals surface area contributed by atoms with Gasteiger partial charge in [0.1, 0.15) is 5.71 Å². The highest BCUT2D eigenvalue weighted by atomic mass is 16.2. The van der Waals surface area contributed by atoms with E-state index in [1.807, 2.05) is 48.5 Å². The Kier molecular flexibility index (Phi) is 3.36. The van der Waals surface area contributed by atoms with Crippen LogP contribution in [0.4, 0.5) is 0 Å². The summed E-state index contributed by atoms with van der Waals surface area (Å²) in [6, 6.07) is 21.9. The quantitative estimate of drug-likeness (QED) is 0.209. The number of nitrogens with one attached hydrogen (secondary N) is 2. The summed E-state index contributed by atoms with van der Waals surface area (Å²) in [6.45, 7) is 0. The van der Waals surface area contributed by atoms with Gasteiger partial charge in [-0.3, -0.25) is 20.4 Å². The summed E-state index contributed by atoms with van der Waals surface area (Å²) in [5.41, 5.74) is -0.443. The second-order valence-electron chi connectivity index (χ2n) is 6.78. The molecule has 4 heteroatoms. The Morgan fingerprint density at radius 3 is 1.89 bits per heavy atom. The van der Waals surface area contributed by atoms with Crippen LogP contribution in [-0.2, 0) is 9.59 Å². The third-order valence-corrected chi connectivity index (χ3v) is 5.35. The van der Waals surface area contributed by atoms with Crippen molar-refractivity contribution in [3.63, 3.8) is 0 Å². The number of benzene rings is 5. The number of carbonyl (C=O) groups is 1. The largest absolute Gasteiger partial charge is 0.298 e. The van der Waals surface area contributed by atoms with Gasteiger partial charge in [-0.1, -0.05) is 66.7 Å². The summed E-state index contributed by atoms with van der Waals surface area (Å²) in [6.07, 6.45) is 1.20. The minimum Gasteiger partial charge on any atom is -0.298 e. The molecule has 0 fully saturated rings. The first-order valence-electron chi connectivity index (χ1n) is 8.80. The molecule has 0 spiro atoms. The zero-order valence-electron chi connectivity index (χ0n) is 14.7. The number of fused-ring (bicyclic) bond motifs is 2. The summed E-state index contributed by atoms with van der Waals surface area (Å²) in [4.78, 5) is 22.4. The molecule has 5 aromatic carbocycles. The smallest absolute Gasteiger partial charge is 0.279 e. The van der Waals surface area contributed by atoms with Crippen molar-refractivity contribution < 1.29 is 9.59 Å². The van der Waals surface area contributed by atoms with E-state index >= 15 is 0 Å². The van der Waals surface area contributed by atoms with Crippen molar-refractivity contribution in [2.75, 3.05) is 0 Å². The van der Waals surface area contributed by atoms with Crippen LogP contribution in [-0.4, -0.2) is 23.5 Å². The summed E-state index contributed by atoms with van der Waals surface area (Å²) in [7, 11) is 0. The molecule has 131 valence electrons. The SMILES string of the molecule is N=C(C(=N)c1ccc2cccc3c4cccc5cccc(c1c23)c54)C(=O)[C]=O. The second kappa shape index (κ2) is 5.79. The zero-order chi connectivity index (χ0) is 19.4. The predicted molar refractivity (Wildman–Crippen MR) is 113 cm³/mol. The normalized spacial score (nSPS) is 11.4. The van der Waals surface area contributed by atoms with Crippen molar-refractivity contribution in [1.82, 2.24) is 0 Å². The lowest BCUT2D eigenvalue weighted by atomic mass is 9.86. The van der Waals surface area contributed by atoms with Crippen molar-refractivity contribution in [3.8, 4) is 0 Å². The molecule has 2 N–H and O–H groups in total. The van der Waals surface area contributed by atoms with Gasteiger partial charge >= 0.3 is 0 Å². The molecule has 5 rings (SSSR count). The van der Waals surface area contributed by atoms with Gasteiger partial charge in [0, 0.05) is 10.9 Å². The Hall–Kier alpha value is -3.92. The molecule has 4 nitrogen and oxygen atoms in total. The topological polar surface area (TPSA) is 81.8 Å². The van der Waals surface area contributed by atoms with Crippen molar-refractivity contribution in [1.29, 1.82) is 10.8 Å². The van der Waals surface area contributed by atoms with E-state index in [9.17, 15) is 9.59 Å². The number of hydrogen-bond acceptors (Lipinski definition) is 4. The first-order chi connectivity index (χ1) is 13.6. The van der Waals surface area contributed by atoms with Crippen LogP contribution >= 0.6 is 0 Å². The van der Waals surface area contributed by atoms with Gasteiger partial charge in [-0.2, -0.15) is 0 Å². The van der Waals surface area contributed by atoms with E-state index < -0.39 is 11.5 Å². The van der Waals surface area contributed by atoms with E-state index in [1.54, 1.807) is 6.07 Å². The van der Waals surface area contributed by atoms with Crippen molar-refractivity contribution in [3.05, 3.63) is 72.3 Å². The van der Waals surface area contributed by atoms with Crippen LogP contribution in [0.15, 0.2) is 66.7 Å². The Morgan fingerprint density at radius 1 is 0.679 bits per heavy atom. The standard InChI is InChI=1S/C24H13N2O2/c25-23(24(26)19(28)12-27)18-11-10-14-6-2-8-16-15-7-1-4-13-5-3-9-17(20(13)15)22(18)21(14)16/h1-11,25-26H. The van der Waals surface area contributed by atoms with E-state index in [1.165, 1.54) is 6.29 Å². The molecular formula is C24H13N2O2. The minimum absolute atomic E-state index is 0.267. The van der Waals surface area contributed by atoms with Crippen LogP contribution in [0, 0.1) is 10.8 Å². The molecule has 0 aliphatic carbocycles. The highest BCUT2D eigenvalue weighted by Gasteiger charge is 2.21. The predicted octanol–water partition coefficient (Wildman–Crippen LogP) is 4.80. The molecular weight excluding hydrogens is 348 g/mol. The summed E-state index contributed by atoms with van der Waals surface area (Å²) >= 11 is 0. The Labute approximate surface area is 159 Å². The molecule has 0 saturated heterocycles. The second-order valence-corrected chi connectivity index (χ2v) is 6.78. The summed E-state index contributed by atoms with van der Waals surface area (Å²) < 4.78 is 0. The first kappa shape index (κ1) is 16.3. The maximum Gasteiger partial charge on any atom is 0.279 e. The van der Waals surface area contributed by atoms with Gasteiger partial charge in [0.2, 0.25) is 0 Å². The first-order valence-corrected chi connectivity index (χ1v) is 8.80. The van der Waals surface area contributed by atoms with Gasteiger partial charge in [0.25, 0.3) is 12.1 Å². The number of rotatable bonds is 4. The zero-order valence-corrected chi connectivity index (χ0v) is 14.7. The average molecular weight is 361 g/mol. The third-order valence-electron chi connectivity index (χ3n) is 5.35. The van der Waals surface area contributed by atoms with Crippen LogP contribution in [0.5, 0.6) is 0 Å². The monoisotopic (exact) mass is 361 g/mol. The fourth-order valence-corrected chi connectivity index (χ4v) is 4.16. The van der Waals surface area contributed by atoms with Crippen molar-refractivity contribution >= 4 is 66.6 Å². The van der Waals surface area contributed by atoms with Crippen LogP contribution in [0.3, 0.4) is 0 Å². The lowest BCUT2D eigenvalue weighted by Crippen LogP contribution is -2.24. The highest BCUT2D eigenvalue weighted by Crippen LogP contribution is 2.41. The molecule has 0 aromatic heterocycles. The molecule has 5 aromatic rings. The number of hydrogen-bond donors (Lipinski definition) is 2. The van der Waals surface area contributed by atoms with Gasteiger partial charge in [-0.15, -0.1) is 0 Å². The molecule has 0 saturated carbocycles. The van der Waals surface area contributed by atoms with E-state index in [4.69, 9.17) is 10.8 Å². The molecule has 0 amide bonds. The van der Waals surface area contributed by atoms with E-state index in [0.29, 0.717) is 5.56 Å². The molecule has 0 unspecified atom stereocenters. The maximum atomic E-state index is 11.7. The van der Waals surface area contributed by atoms with Gasteiger partial charge in [0.05, 0.1) is 5.71 Å². The molecule has 0 aliphatic rings. The van der Waals surface area contributed by atoms with Gasteiger partial charge in [0.15, 0.2) is 0 Å². The summed E-state index contributed by atoms with van der Waals surface area (Å²) in [5, 5.41) is 24.5.